The van der Waals surface area contributed by atoms with Gasteiger partial charge in [0.05, 0.1) is 25.7 Å². The number of fused-ring (bicyclic) bond motifs is 1. The van der Waals surface area contributed by atoms with Crippen LogP contribution < -0.4 is 11.2 Å². The van der Waals surface area contributed by atoms with Crippen molar-refractivity contribution in [2.24, 2.45) is 0 Å². The van der Waals surface area contributed by atoms with Gasteiger partial charge in [-0.1, -0.05) is 36.4 Å². The molecule has 0 N–H and O–H groups in total. The molecule has 1 aliphatic carbocycles. The third kappa shape index (κ3) is 4.56. The lowest BCUT2D eigenvalue weighted by Crippen LogP contribution is -2.45. The number of nitrogens with zero attached hydrogens (tertiary/aromatic N) is 5. The van der Waals surface area contributed by atoms with Gasteiger partial charge in [-0.15, -0.1) is 0 Å². The fourth-order valence-electron chi connectivity index (χ4n) is 4.72. The molecule has 5 rings (SSSR count). The van der Waals surface area contributed by atoms with E-state index in [2.05, 4.69) is 11.1 Å². The highest BCUT2D eigenvalue weighted by Crippen LogP contribution is 2.23. The van der Waals surface area contributed by atoms with Gasteiger partial charge in [-0.2, -0.15) is 0 Å². The van der Waals surface area contributed by atoms with Crippen LogP contribution in [0.2, 0.25) is 0 Å². The quantitative estimate of drug-likeness (QED) is 0.379. The number of hydrogen-bond donors (Lipinski definition) is 0. The van der Waals surface area contributed by atoms with E-state index in [9.17, 15) is 14.4 Å². The summed E-state index contributed by atoms with van der Waals surface area (Å²) < 4.78 is 9.73. The molecule has 4 aromatic rings. The number of aryl methyl sites for hydroxylation is 1. The maximum atomic E-state index is 13.7. The number of imidazole rings is 1. The van der Waals surface area contributed by atoms with Crippen LogP contribution in [0.4, 0.5) is 0 Å². The summed E-state index contributed by atoms with van der Waals surface area (Å²) in [5.41, 5.74) is 1.37. The Balaban J connectivity index is 1.57. The van der Waals surface area contributed by atoms with Crippen molar-refractivity contribution >= 4 is 17.1 Å². The standard InChI is InChI=1S/C27H29N5O4/c1-2-29-19-28-25-24(29)26(34)32(27(35)31(25)16-20-10-5-3-6-11-20)18-23(33)30(17-22-14-9-15-36-22)21-12-7-4-8-13-21/h3,5-6,9-12,14-15,19H,2,4,7-8,13,16-18H2,1H3. The van der Waals surface area contributed by atoms with Gasteiger partial charge in [0.2, 0.25) is 5.91 Å². The third-order valence-corrected chi connectivity index (χ3v) is 6.61. The van der Waals surface area contributed by atoms with E-state index in [1.807, 2.05) is 43.3 Å². The minimum atomic E-state index is -0.554. The van der Waals surface area contributed by atoms with E-state index in [0.29, 0.717) is 23.5 Å². The van der Waals surface area contributed by atoms with E-state index >= 15 is 0 Å². The predicted molar refractivity (Wildman–Crippen MR) is 135 cm³/mol. The van der Waals surface area contributed by atoms with Crippen LogP contribution >= 0.6 is 0 Å². The van der Waals surface area contributed by atoms with Crippen LogP contribution in [0, 0.1) is 0 Å². The molecule has 0 bridgehead atoms. The Hall–Kier alpha value is -4.14. The fraction of sp³-hybridized carbons (Fsp3) is 0.333. The summed E-state index contributed by atoms with van der Waals surface area (Å²) in [6.07, 6.45) is 8.92. The number of carbonyl (C=O) groups is 1. The summed E-state index contributed by atoms with van der Waals surface area (Å²) in [4.78, 5) is 46.8. The van der Waals surface area contributed by atoms with Crippen LogP contribution in [0.5, 0.6) is 0 Å². The summed E-state index contributed by atoms with van der Waals surface area (Å²) in [7, 11) is 0. The number of hydrogen-bond acceptors (Lipinski definition) is 5. The smallest absolute Gasteiger partial charge is 0.333 e. The molecular formula is C27H29N5O4. The summed E-state index contributed by atoms with van der Waals surface area (Å²) in [6, 6.07) is 13.1. The maximum absolute atomic E-state index is 13.7. The van der Waals surface area contributed by atoms with Crippen LogP contribution in [0.25, 0.3) is 11.2 Å². The molecule has 3 aromatic heterocycles. The lowest BCUT2D eigenvalue weighted by molar-refractivity contribution is -0.131. The molecule has 0 aliphatic heterocycles. The van der Waals surface area contributed by atoms with Crippen molar-refractivity contribution in [2.45, 2.75) is 58.8 Å². The van der Waals surface area contributed by atoms with Gasteiger partial charge in [-0.25, -0.2) is 14.3 Å². The molecule has 9 heteroatoms. The molecule has 0 unspecified atom stereocenters. The molecule has 1 aliphatic rings. The Kier molecular flexibility index (Phi) is 6.71. The second-order valence-corrected chi connectivity index (χ2v) is 8.95. The first-order valence-electron chi connectivity index (χ1n) is 12.3. The Labute approximate surface area is 207 Å². The van der Waals surface area contributed by atoms with Gasteiger partial charge in [0.1, 0.15) is 12.3 Å². The van der Waals surface area contributed by atoms with E-state index < -0.39 is 11.2 Å². The molecule has 9 nitrogen and oxygen atoms in total. The largest absolute Gasteiger partial charge is 0.467 e. The number of furan rings is 1. The molecule has 1 amide bonds. The Morgan fingerprint density at radius 2 is 1.92 bits per heavy atom. The molecule has 0 fully saturated rings. The van der Waals surface area contributed by atoms with E-state index in [1.165, 1.54) is 4.57 Å². The minimum absolute atomic E-state index is 0.243. The van der Waals surface area contributed by atoms with Crippen LogP contribution in [-0.2, 0) is 31.0 Å². The first-order chi connectivity index (χ1) is 17.6. The molecule has 36 heavy (non-hydrogen) atoms. The summed E-state index contributed by atoms with van der Waals surface area (Å²) in [5, 5.41) is 0. The zero-order valence-corrected chi connectivity index (χ0v) is 20.3. The van der Waals surface area contributed by atoms with Crippen molar-refractivity contribution in [1.82, 2.24) is 23.6 Å². The first-order valence-corrected chi connectivity index (χ1v) is 12.3. The average molecular weight is 488 g/mol. The van der Waals surface area contributed by atoms with Gasteiger partial charge in [0.15, 0.2) is 11.2 Å². The topological polar surface area (TPSA) is 95.3 Å². The molecule has 1 aromatic carbocycles. The number of aromatic nitrogens is 4. The van der Waals surface area contributed by atoms with Crippen LogP contribution in [0.3, 0.4) is 0 Å². The lowest BCUT2D eigenvalue weighted by atomic mass is 10.0. The minimum Gasteiger partial charge on any atom is -0.467 e. The first kappa shape index (κ1) is 23.6. The fourth-order valence-corrected chi connectivity index (χ4v) is 4.72. The van der Waals surface area contributed by atoms with Crippen molar-refractivity contribution in [3.63, 3.8) is 0 Å². The molecule has 0 radical (unpaired) electrons. The van der Waals surface area contributed by atoms with Gasteiger partial charge in [0, 0.05) is 12.2 Å². The molecule has 186 valence electrons. The van der Waals surface area contributed by atoms with E-state index in [1.54, 1.807) is 28.1 Å². The average Bonchev–Trinajstić information content (AvgIpc) is 3.58. The highest BCUT2D eigenvalue weighted by Gasteiger charge is 2.25. The number of amides is 1. The van der Waals surface area contributed by atoms with Crippen molar-refractivity contribution in [3.05, 3.63) is 99.0 Å². The number of allylic oxidation sites excluding steroid dienone is 2. The van der Waals surface area contributed by atoms with Gasteiger partial charge < -0.3 is 13.9 Å². The second-order valence-electron chi connectivity index (χ2n) is 8.95. The van der Waals surface area contributed by atoms with Crippen LogP contribution in [0.1, 0.15) is 43.9 Å². The normalized spacial score (nSPS) is 13.6. The van der Waals surface area contributed by atoms with Crippen molar-refractivity contribution in [2.75, 3.05) is 0 Å². The molecule has 0 spiro atoms. The van der Waals surface area contributed by atoms with Crippen molar-refractivity contribution in [3.8, 4) is 0 Å². The van der Waals surface area contributed by atoms with Gasteiger partial charge in [-0.3, -0.25) is 14.2 Å². The van der Waals surface area contributed by atoms with Gasteiger partial charge in [0.25, 0.3) is 5.56 Å². The zero-order chi connectivity index (χ0) is 25.1. The van der Waals surface area contributed by atoms with Crippen LogP contribution in [-0.4, -0.2) is 29.5 Å². The maximum Gasteiger partial charge on any atom is 0.333 e. The highest BCUT2D eigenvalue weighted by atomic mass is 16.3. The Morgan fingerprint density at radius 1 is 1.08 bits per heavy atom. The van der Waals surface area contributed by atoms with E-state index in [4.69, 9.17) is 4.42 Å². The number of rotatable bonds is 8. The lowest BCUT2D eigenvalue weighted by Gasteiger charge is -2.27. The van der Waals surface area contributed by atoms with Crippen LogP contribution in [0.15, 0.2) is 80.8 Å². The molecule has 0 saturated carbocycles. The monoisotopic (exact) mass is 487 g/mol. The SMILES string of the molecule is CCn1cnc2c1c(=O)n(CC(=O)N(Cc1ccco1)C1=CCCCC1)c(=O)n2Cc1ccccc1. The molecular weight excluding hydrogens is 458 g/mol. The Morgan fingerprint density at radius 3 is 2.61 bits per heavy atom. The number of benzene rings is 1. The van der Waals surface area contributed by atoms with Crippen molar-refractivity contribution in [1.29, 1.82) is 0 Å². The van der Waals surface area contributed by atoms with E-state index in [0.717, 1.165) is 41.5 Å². The highest BCUT2D eigenvalue weighted by molar-refractivity contribution is 5.78. The molecule has 3 heterocycles. The molecule has 0 saturated heterocycles. The van der Waals surface area contributed by atoms with Gasteiger partial charge in [-0.05, 0) is 50.3 Å². The molecule has 0 atom stereocenters. The number of carbonyl (C=O) groups excluding carboxylic acids is 1. The second kappa shape index (κ2) is 10.2. The summed E-state index contributed by atoms with van der Waals surface area (Å²) in [5.74, 6) is 0.315. The van der Waals surface area contributed by atoms with E-state index in [-0.39, 0.29) is 25.5 Å². The van der Waals surface area contributed by atoms with Gasteiger partial charge >= 0.3 is 5.69 Å². The Bertz CT molecular complexity index is 1510. The summed E-state index contributed by atoms with van der Waals surface area (Å²) >= 11 is 0. The predicted octanol–water partition coefficient (Wildman–Crippen LogP) is 3.51. The third-order valence-electron chi connectivity index (χ3n) is 6.61. The zero-order valence-electron chi connectivity index (χ0n) is 20.3. The van der Waals surface area contributed by atoms with Crippen molar-refractivity contribution < 1.29 is 9.21 Å². The summed E-state index contributed by atoms with van der Waals surface area (Å²) in [6.45, 7) is 2.55.